The van der Waals surface area contributed by atoms with Crippen molar-refractivity contribution in [2.24, 2.45) is 0 Å². The van der Waals surface area contributed by atoms with E-state index in [0.717, 1.165) is 0 Å². The fourth-order valence-electron chi connectivity index (χ4n) is 0. The summed E-state index contributed by atoms with van der Waals surface area (Å²) >= 11 is 0. The van der Waals surface area contributed by atoms with Crippen molar-refractivity contribution in [2.75, 3.05) is 0 Å². The molecular weight excluding hydrogens is 229 g/mol. The Morgan fingerprint density at radius 1 is 0.889 bits per heavy atom. The standard InChI is InChI=1S/3K.H2O4S.H2O.3H/c;;;1-5(2,3)4;;;;/h;;;(H2,1,2,3,4);1H2;;;. The second-order valence-electron chi connectivity index (χ2n) is 0.448. The van der Waals surface area contributed by atoms with Crippen LogP contribution in [0.15, 0.2) is 0 Å². The van der Waals surface area contributed by atoms with Crippen molar-refractivity contribution in [3.05, 3.63) is 0 Å². The molecule has 0 aromatic rings. The van der Waals surface area contributed by atoms with Crippen LogP contribution in [-0.4, -0.2) is 177 Å². The molecule has 4 N–H and O–H groups in total. The van der Waals surface area contributed by atoms with Gasteiger partial charge in [0.1, 0.15) is 0 Å². The molecule has 0 saturated carbocycles. The molecule has 0 aromatic carbocycles. The normalized spacial score (nSPS) is 6.44. The molecule has 0 saturated heterocycles. The van der Waals surface area contributed by atoms with Crippen molar-refractivity contribution in [2.45, 2.75) is 0 Å². The monoisotopic (exact) mass is 236 g/mol. The van der Waals surface area contributed by atoms with Gasteiger partial charge in [-0.15, -0.1) is 0 Å². The van der Waals surface area contributed by atoms with Gasteiger partial charge in [-0.05, 0) is 0 Å². The van der Waals surface area contributed by atoms with E-state index < -0.39 is 10.4 Å². The average molecular weight is 236 g/mol. The van der Waals surface area contributed by atoms with Gasteiger partial charge in [0.05, 0.1) is 0 Å². The summed E-state index contributed by atoms with van der Waals surface area (Å²) in [7, 11) is -4.67. The Bertz CT molecular complexity index is 95.4. The van der Waals surface area contributed by atoms with Crippen LogP contribution in [0.4, 0.5) is 0 Å². The van der Waals surface area contributed by atoms with Crippen molar-refractivity contribution in [3.8, 4) is 0 Å². The van der Waals surface area contributed by atoms with Gasteiger partial charge in [-0.3, -0.25) is 9.11 Å². The molecule has 0 bridgehead atoms. The summed E-state index contributed by atoms with van der Waals surface area (Å²) in [4.78, 5) is 0. The van der Waals surface area contributed by atoms with Gasteiger partial charge in [-0.2, -0.15) is 8.42 Å². The molecule has 0 radical (unpaired) electrons. The summed E-state index contributed by atoms with van der Waals surface area (Å²) in [6.07, 6.45) is 0. The molecule has 0 aliphatic rings. The van der Waals surface area contributed by atoms with Crippen LogP contribution in [0.5, 0.6) is 0 Å². The van der Waals surface area contributed by atoms with Crippen molar-refractivity contribution in [1.29, 1.82) is 0 Å². The second-order valence-corrected chi connectivity index (χ2v) is 1.34. The van der Waals surface area contributed by atoms with E-state index >= 15 is 0 Å². The topological polar surface area (TPSA) is 106 Å². The first-order valence-corrected chi connectivity index (χ1v) is 2.10. The molecule has 0 aliphatic heterocycles. The zero-order chi connectivity index (χ0) is 4.50. The summed E-state index contributed by atoms with van der Waals surface area (Å²) in [5.41, 5.74) is 0. The van der Waals surface area contributed by atoms with E-state index in [1.165, 1.54) is 0 Å². The third-order valence-corrected chi connectivity index (χ3v) is 0. The summed E-state index contributed by atoms with van der Waals surface area (Å²) < 4.78 is 31.6. The quantitative estimate of drug-likeness (QED) is 0.337. The molecule has 0 unspecified atom stereocenters. The molecule has 46 valence electrons. The molecule has 0 aliphatic carbocycles. The van der Waals surface area contributed by atoms with Crippen LogP contribution in [0.1, 0.15) is 0 Å². The van der Waals surface area contributed by atoms with Gasteiger partial charge in [-0.1, -0.05) is 0 Å². The van der Waals surface area contributed by atoms with Gasteiger partial charge in [-0.25, -0.2) is 0 Å². The Labute approximate surface area is 181 Å². The van der Waals surface area contributed by atoms with Crippen LogP contribution >= 0.6 is 0 Å². The first kappa shape index (κ1) is 29.2. The predicted octanol–water partition coefficient (Wildman–Crippen LogP) is -3.42. The first-order valence-electron chi connectivity index (χ1n) is 0.698. The van der Waals surface area contributed by atoms with Crippen LogP contribution < -0.4 is 0 Å². The number of hydrogen-bond acceptors (Lipinski definition) is 2. The second kappa shape index (κ2) is 15.2. The van der Waals surface area contributed by atoms with Crippen LogP contribution in [0, 0.1) is 0 Å². The van der Waals surface area contributed by atoms with Gasteiger partial charge >= 0.3 is 165 Å². The fourth-order valence-corrected chi connectivity index (χ4v) is 0. The molecule has 0 amide bonds. The summed E-state index contributed by atoms with van der Waals surface area (Å²) in [5, 5.41) is 0. The average Bonchev–Trinajstić information content (AvgIpc) is 0.722. The third-order valence-electron chi connectivity index (χ3n) is 0. The summed E-state index contributed by atoms with van der Waals surface area (Å²) in [6.45, 7) is 0. The minimum atomic E-state index is -4.67. The molecule has 0 heterocycles. The van der Waals surface area contributed by atoms with Gasteiger partial charge in [0, 0.05) is 0 Å². The van der Waals surface area contributed by atoms with E-state index in [9.17, 15) is 0 Å². The maximum atomic E-state index is 8.74. The Hall–Kier alpha value is 4.74. The molecule has 9 heavy (non-hydrogen) atoms. The zero-order valence-corrected chi connectivity index (χ0v) is 3.44. The number of hydrogen-bond donors (Lipinski definition) is 2. The SMILES string of the molecule is O.O=S(=O)(O)O.[KH].[KH].[KH]. The van der Waals surface area contributed by atoms with Crippen molar-refractivity contribution < 1.29 is 23.0 Å². The molecule has 5 nitrogen and oxygen atoms in total. The Morgan fingerprint density at radius 2 is 0.889 bits per heavy atom. The molecule has 0 rings (SSSR count). The molecular formula is H7K3O5S. The summed E-state index contributed by atoms with van der Waals surface area (Å²) in [5.74, 6) is 0. The zero-order valence-electron chi connectivity index (χ0n) is 2.62. The first-order chi connectivity index (χ1) is 2.00. The van der Waals surface area contributed by atoms with Crippen molar-refractivity contribution in [3.63, 3.8) is 0 Å². The van der Waals surface area contributed by atoms with Crippen LogP contribution in [0.2, 0.25) is 0 Å². The van der Waals surface area contributed by atoms with E-state index in [1.54, 1.807) is 0 Å². The summed E-state index contributed by atoms with van der Waals surface area (Å²) in [6, 6.07) is 0. The Morgan fingerprint density at radius 3 is 0.889 bits per heavy atom. The van der Waals surface area contributed by atoms with E-state index in [0.29, 0.717) is 0 Å². The van der Waals surface area contributed by atoms with Gasteiger partial charge in [0.2, 0.25) is 0 Å². The van der Waals surface area contributed by atoms with E-state index in [2.05, 4.69) is 0 Å². The van der Waals surface area contributed by atoms with Crippen molar-refractivity contribution in [1.82, 2.24) is 0 Å². The minimum absolute atomic E-state index is 0. The van der Waals surface area contributed by atoms with Crippen LogP contribution in [-0.2, 0) is 10.4 Å². The van der Waals surface area contributed by atoms with Gasteiger partial charge in [0.25, 0.3) is 0 Å². The molecule has 0 spiro atoms. The maximum absolute atomic E-state index is 8.74. The van der Waals surface area contributed by atoms with Crippen LogP contribution in [0.25, 0.3) is 0 Å². The van der Waals surface area contributed by atoms with Gasteiger partial charge in [0.15, 0.2) is 0 Å². The molecule has 0 aromatic heterocycles. The van der Waals surface area contributed by atoms with E-state index in [1.807, 2.05) is 0 Å². The third kappa shape index (κ3) is 65.4. The number of rotatable bonds is 0. The molecule has 0 atom stereocenters. The predicted molar refractivity (Wildman–Crippen MR) is 39.2 cm³/mol. The van der Waals surface area contributed by atoms with E-state index in [4.69, 9.17) is 17.5 Å². The van der Waals surface area contributed by atoms with Crippen LogP contribution in [0.3, 0.4) is 0 Å². The van der Waals surface area contributed by atoms with Crippen molar-refractivity contribution >= 4 is 165 Å². The van der Waals surface area contributed by atoms with Gasteiger partial charge < -0.3 is 5.48 Å². The van der Waals surface area contributed by atoms with E-state index in [-0.39, 0.29) is 160 Å². The molecule has 9 heteroatoms. The Kier molecular flexibility index (Phi) is 49.4. The Balaban J connectivity index is -0.0000000133. The molecule has 0 fully saturated rings. The fraction of sp³-hybridized carbons (Fsp3) is 0.